The fraction of sp³-hybridized carbons (Fsp3) is 0.750. The smallest absolute Gasteiger partial charge is 0.408 e. The highest BCUT2D eigenvalue weighted by atomic mass is 16.6. The van der Waals surface area contributed by atoms with E-state index in [0.717, 1.165) is 12.8 Å². The summed E-state index contributed by atoms with van der Waals surface area (Å²) in [4.78, 5) is 56.2. The molecule has 10 nitrogen and oxygen atoms in total. The molecule has 2 unspecified atom stereocenters. The van der Waals surface area contributed by atoms with Crippen LogP contribution in [0.5, 0.6) is 0 Å². The molecule has 3 aliphatic heterocycles. The largest absolute Gasteiger partial charge is 0.444 e. The lowest BCUT2D eigenvalue weighted by Gasteiger charge is -2.43. The number of carbonyl (C=O) groups excluding carboxylic acids is 4. The molecule has 0 saturated carbocycles. The monoisotopic (exact) mass is 475 g/mol. The molecule has 0 aromatic heterocycles. The number of likely N-dealkylation sites (tertiary alicyclic amines) is 1. The molecule has 3 rings (SSSR count). The molecule has 10 heteroatoms. The molecule has 3 heterocycles. The second-order valence-corrected chi connectivity index (χ2v) is 10.7. The third-order valence-corrected chi connectivity index (χ3v) is 6.94. The molecule has 3 aliphatic rings. The first kappa shape index (κ1) is 25.7. The maximum absolute atomic E-state index is 13.9. The zero-order chi connectivity index (χ0) is 25.4. The number of terminal acetylenes is 1. The predicted molar refractivity (Wildman–Crippen MR) is 125 cm³/mol. The Hall–Kier alpha value is -2.96. The van der Waals surface area contributed by atoms with Crippen LogP contribution in [0.15, 0.2) is 0 Å². The van der Waals surface area contributed by atoms with Crippen molar-refractivity contribution < 1.29 is 23.9 Å². The van der Waals surface area contributed by atoms with Crippen molar-refractivity contribution in [1.29, 1.82) is 0 Å². The van der Waals surface area contributed by atoms with E-state index in [-0.39, 0.29) is 24.0 Å². The number of fused-ring (bicyclic) bond motifs is 2. The molecule has 5 atom stereocenters. The van der Waals surface area contributed by atoms with Crippen LogP contribution in [0.3, 0.4) is 0 Å². The molecule has 3 saturated heterocycles. The molecule has 5 amide bonds. The quantitative estimate of drug-likeness (QED) is 0.593. The van der Waals surface area contributed by atoms with Crippen LogP contribution in [0.1, 0.15) is 59.3 Å². The number of amides is 5. The standard InChI is InChI=1S/C24H37N5O5/c1-7-15-10-11-18(20(25)30)29(15)21(31)19(26-22(32)34-24(2,3)4)14-12-16-8-9-17(13-14)28(16)23(33)27(5)6/h1,14-19H,8-13H2,2-6H3,(H2,25,30)(H,26,32)/t14?,15-,16?,17?,18-,19-/m0/s1. The van der Waals surface area contributed by atoms with Crippen molar-refractivity contribution in [3.63, 3.8) is 0 Å². The summed E-state index contributed by atoms with van der Waals surface area (Å²) >= 11 is 0. The first-order valence-electron chi connectivity index (χ1n) is 11.9. The van der Waals surface area contributed by atoms with Gasteiger partial charge in [0.25, 0.3) is 0 Å². The Morgan fingerprint density at radius 2 is 1.65 bits per heavy atom. The van der Waals surface area contributed by atoms with Crippen LogP contribution in [0.2, 0.25) is 0 Å². The van der Waals surface area contributed by atoms with Crippen LogP contribution >= 0.6 is 0 Å². The third-order valence-electron chi connectivity index (χ3n) is 6.94. The van der Waals surface area contributed by atoms with E-state index in [9.17, 15) is 19.2 Å². The number of nitrogens with one attached hydrogen (secondary N) is 1. The lowest BCUT2D eigenvalue weighted by molar-refractivity contribution is -0.141. The molecule has 0 aromatic carbocycles. The molecular formula is C24H37N5O5. The van der Waals surface area contributed by atoms with Crippen LogP contribution in [0.25, 0.3) is 0 Å². The van der Waals surface area contributed by atoms with Crippen LogP contribution in [0.4, 0.5) is 9.59 Å². The van der Waals surface area contributed by atoms with Gasteiger partial charge in [-0.3, -0.25) is 9.59 Å². The second-order valence-electron chi connectivity index (χ2n) is 10.7. The van der Waals surface area contributed by atoms with Crippen LogP contribution in [0, 0.1) is 18.3 Å². The minimum atomic E-state index is -0.939. The van der Waals surface area contributed by atoms with Crippen molar-refractivity contribution in [3.05, 3.63) is 0 Å². The number of ether oxygens (including phenoxy) is 1. The predicted octanol–water partition coefficient (Wildman–Crippen LogP) is 1.28. The minimum Gasteiger partial charge on any atom is -0.444 e. The first-order valence-corrected chi connectivity index (χ1v) is 11.9. The zero-order valence-corrected chi connectivity index (χ0v) is 20.7. The van der Waals surface area contributed by atoms with Crippen LogP contribution in [-0.4, -0.2) is 88.5 Å². The van der Waals surface area contributed by atoms with Gasteiger partial charge in [-0.05, 0) is 65.2 Å². The van der Waals surface area contributed by atoms with Gasteiger partial charge in [0.05, 0.1) is 6.04 Å². The topological polar surface area (TPSA) is 125 Å². The highest BCUT2D eigenvalue weighted by Crippen LogP contribution is 2.41. The summed E-state index contributed by atoms with van der Waals surface area (Å²) in [5.74, 6) is 1.31. The Labute approximate surface area is 201 Å². The first-order chi connectivity index (χ1) is 15.8. The second kappa shape index (κ2) is 9.72. The summed E-state index contributed by atoms with van der Waals surface area (Å²) in [5, 5.41) is 2.77. The lowest BCUT2D eigenvalue weighted by Crippen LogP contribution is -2.60. The number of hydrogen-bond donors (Lipinski definition) is 2. The summed E-state index contributed by atoms with van der Waals surface area (Å²) in [6.07, 6.45) is 8.60. The van der Waals surface area contributed by atoms with Gasteiger partial charge in [0.15, 0.2) is 0 Å². The van der Waals surface area contributed by atoms with Gasteiger partial charge in [0.1, 0.15) is 17.7 Å². The molecule has 0 aromatic rings. The lowest BCUT2D eigenvalue weighted by atomic mass is 9.84. The van der Waals surface area contributed by atoms with E-state index in [2.05, 4.69) is 11.2 Å². The van der Waals surface area contributed by atoms with E-state index in [4.69, 9.17) is 16.9 Å². The summed E-state index contributed by atoms with van der Waals surface area (Å²) in [6, 6.07) is -2.42. The number of nitrogens with two attached hydrogens (primary N) is 1. The summed E-state index contributed by atoms with van der Waals surface area (Å²) in [7, 11) is 3.45. The third kappa shape index (κ3) is 5.24. The number of piperidine rings is 1. The fourth-order valence-corrected chi connectivity index (χ4v) is 5.57. The van der Waals surface area contributed by atoms with Gasteiger partial charge < -0.3 is 30.5 Å². The Morgan fingerprint density at radius 3 is 2.12 bits per heavy atom. The van der Waals surface area contributed by atoms with E-state index in [0.29, 0.717) is 25.7 Å². The summed E-state index contributed by atoms with van der Waals surface area (Å²) in [5.41, 5.74) is 4.83. The highest BCUT2D eigenvalue weighted by molar-refractivity contribution is 5.92. The van der Waals surface area contributed by atoms with Gasteiger partial charge in [0, 0.05) is 26.2 Å². The van der Waals surface area contributed by atoms with Gasteiger partial charge in [-0.2, -0.15) is 0 Å². The number of alkyl carbamates (subject to hydrolysis) is 1. The Balaban J connectivity index is 1.88. The average molecular weight is 476 g/mol. The van der Waals surface area contributed by atoms with Crippen molar-refractivity contribution in [3.8, 4) is 12.3 Å². The van der Waals surface area contributed by atoms with Gasteiger partial charge in [0.2, 0.25) is 11.8 Å². The molecule has 188 valence electrons. The molecule has 34 heavy (non-hydrogen) atoms. The Kier molecular flexibility index (Phi) is 7.34. The summed E-state index contributed by atoms with van der Waals surface area (Å²) < 4.78 is 5.44. The van der Waals surface area contributed by atoms with E-state index in [1.165, 1.54) is 4.90 Å². The normalized spacial score (nSPS) is 29.2. The highest BCUT2D eigenvalue weighted by Gasteiger charge is 2.50. The van der Waals surface area contributed by atoms with E-state index in [1.807, 2.05) is 4.90 Å². The van der Waals surface area contributed by atoms with Crippen molar-refractivity contribution in [2.45, 2.75) is 95.1 Å². The number of hydrogen-bond acceptors (Lipinski definition) is 5. The maximum atomic E-state index is 13.9. The number of nitrogens with zero attached hydrogens (tertiary/aromatic N) is 3. The van der Waals surface area contributed by atoms with Gasteiger partial charge >= 0.3 is 12.1 Å². The molecule has 0 aliphatic carbocycles. The van der Waals surface area contributed by atoms with Crippen molar-refractivity contribution in [2.75, 3.05) is 14.1 Å². The van der Waals surface area contributed by atoms with Gasteiger partial charge in [-0.1, -0.05) is 5.92 Å². The fourth-order valence-electron chi connectivity index (χ4n) is 5.57. The Bertz CT molecular complexity index is 862. The summed E-state index contributed by atoms with van der Waals surface area (Å²) in [6.45, 7) is 5.23. The van der Waals surface area contributed by atoms with E-state index >= 15 is 0 Å². The number of urea groups is 1. The average Bonchev–Trinajstić information content (AvgIpc) is 3.28. The molecule has 2 bridgehead atoms. The van der Waals surface area contributed by atoms with E-state index < -0.39 is 41.6 Å². The van der Waals surface area contributed by atoms with Gasteiger partial charge in [-0.25, -0.2) is 9.59 Å². The van der Waals surface area contributed by atoms with Crippen molar-refractivity contribution in [2.24, 2.45) is 11.7 Å². The zero-order valence-electron chi connectivity index (χ0n) is 20.7. The minimum absolute atomic E-state index is 0.0247. The maximum Gasteiger partial charge on any atom is 0.408 e. The van der Waals surface area contributed by atoms with Crippen molar-refractivity contribution in [1.82, 2.24) is 20.0 Å². The van der Waals surface area contributed by atoms with Crippen LogP contribution in [-0.2, 0) is 14.3 Å². The van der Waals surface area contributed by atoms with Crippen molar-refractivity contribution >= 4 is 23.9 Å². The molecule has 0 radical (unpaired) electrons. The molecule has 0 spiro atoms. The SMILES string of the molecule is C#C[C@H]1CC[C@@H](C(N)=O)N1C(=O)[C@@H](NC(=O)OC(C)(C)C)C1CC2CCC(C1)N2C(=O)N(C)C. The number of primary amides is 1. The van der Waals surface area contributed by atoms with E-state index in [1.54, 1.807) is 39.8 Å². The number of carbonyl (C=O) groups is 4. The Morgan fingerprint density at radius 1 is 1.06 bits per heavy atom. The number of rotatable bonds is 4. The molecule has 3 N–H and O–H groups in total. The van der Waals surface area contributed by atoms with Crippen LogP contribution < -0.4 is 11.1 Å². The molecular weight excluding hydrogens is 438 g/mol. The van der Waals surface area contributed by atoms with Gasteiger partial charge in [-0.15, -0.1) is 6.42 Å². The molecule has 3 fully saturated rings.